The van der Waals surface area contributed by atoms with Gasteiger partial charge in [-0.05, 0) is 30.7 Å². The zero-order valence-electron chi connectivity index (χ0n) is 20.9. The molecule has 0 bridgehead atoms. The number of methoxy groups -OCH3 is 4. The molecular formula is C25H22ClN3O8S. The van der Waals surface area contributed by atoms with Crippen LogP contribution < -0.4 is 29.1 Å². The normalized spacial score (nSPS) is 15.0. The maximum absolute atomic E-state index is 13.8. The number of carbonyl (C=O) groups excluding carboxylic acids is 1. The molecule has 198 valence electrons. The molecule has 2 aromatic carbocycles. The fourth-order valence-electron chi connectivity index (χ4n) is 4.15. The highest BCUT2D eigenvalue weighted by atomic mass is 35.5. The van der Waals surface area contributed by atoms with Crippen LogP contribution in [0, 0.1) is 10.1 Å². The minimum absolute atomic E-state index is 0.0757. The van der Waals surface area contributed by atoms with Crippen LogP contribution in [0.1, 0.15) is 24.1 Å². The first-order valence-electron chi connectivity index (χ1n) is 11.0. The fraction of sp³-hybridized carbons (Fsp3) is 0.240. The van der Waals surface area contributed by atoms with Crippen LogP contribution in [-0.4, -0.2) is 43.9 Å². The van der Waals surface area contributed by atoms with Gasteiger partial charge in [0.15, 0.2) is 16.3 Å². The largest absolute Gasteiger partial charge is 0.496 e. The standard InChI is InChI=1S/C25H22ClN3O8S/c1-12-21(24(31)37-5)22(13-6-7-15(26)16(8-13)29(32)33)28-23(30)20(38-25(28)27-12)10-14-9-18(35-3)19(36-4)11-17(14)34-2/h6-11,22H,1-5H3. The van der Waals surface area contributed by atoms with Gasteiger partial charge in [0.25, 0.3) is 11.2 Å². The molecule has 0 fully saturated rings. The smallest absolute Gasteiger partial charge is 0.338 e. The number of carbonyl (C=O) groups is 1. The van der Waals surface area contributed by atoms with Gasteiger partial charge in [0, 0.05) is 17.7 Å². The van der Waals surface area contributed by atoms with E-state index in [1.807, 2.05) is 0 Å². The van der Waals surface area contributed by atoms with Crippen LogP contribution >= 0.6 is 22.9 Å². The number of allylic oxidation sites excluding steroid dienone is 1. The Morgan fingerprint density at radius 3 is 2.37 bits per heavy atom. The van der Waals surface area contributed by atoms with E-state index in [0.717, 1.165) is 11.3 Å². The molecule has 11 nitrogen and oxygen atoms in total. The number of fused-ring (bicyclic) bond motifs is 1. The number of hydrogen-bond donors (Lipinski definition) is 0. The molecular weight excluding hydrogens is 538 g/mol. The number of halogens is 1. The molecule has 0 aliphatic carbocycles. The molecule has 1 aliphatic heterocycles. The Hall–Kier alpha value is -4.16. The zero-order valence-corrected chi connectivity index (χ0v) is 22.5. The molecule has 2 heterocycles. The molecule has 1 aliphatic rings. The SMILES string of the molecule is COC(=O)C1=C(C)N=c2sc(=Cc3cc(OC)c(OC)cc3OC)c(=O)n2C1c1ccc(Cl)c([N+](=O)[O-])c1. The predicted molar refractivity (Wildman–Crippen MR) is 140 cm³/mol. The van der Waals surface area contributed by atoms with Crippen molar-refractivity contribution in [2.24, 2.45) is 4.99 Å². The average molecular weight is 560 g/mol. The number of nitro groups is 1. The number of ether oxygens (including phenoxy) is 4. The first kappa shape index (κ1) is 26.9. The Kier molecular flexibility index (Phi) is 7.56. The van der Waals surface area contributed by atoms with E-state index in [0.29, 0.717) is 38.9 Å². The number of nitro benzene ring substituents is 1. The highest BCUT2D eigenvalue weighted by Crippen LogP contribution is 2.36. The summed E-state index contributed by atoms with van der Waals surface area (Å²) in [5, 5.41) is 11.5. The van der Waals surface area contributed by atoms with Crippen LogP contribution in [0.25, 0.3) is 6.08 Å². The molecule has 0 saturated heterocycles. The Bertz CT molecular complexity index is 1670. The van der Waals surface area contributed by atoms with E-state index in [4.69, 9.17) is 30.5 Å². The number of hydrogen-bond acceptors (Lipinski definition) is 10. The first-order chi connectivity index (χ1) is 18.1. The number of aromatic nitrogens is 1. The number of esters is 1. The van der Waals surface area contributed by atoms with Gasteiger partial charge in [-0.15, -0.1) is 0 Å². The molecule has 0 amide bonds. The van der Waals surface area contributed by atoms with E-state index in [1.165, 1.54) is 51.2 Å². The first-order valence-corrected chi connectivity index (χ1v) is 12.2. The summed E-state index contributed by atoms with van der Waals surface area (Å²) in [6, 6.07) is 6.38. The molecule has 0 radical (unpaired) electrons. The molecule has 13 heteroatoms. The van der Waals surface area contributed by atoms with E-state index in [9.17, 15) is 19.7 Å². The zero-order chi connectivity index (χ0) is 27.7. The molecule has 3 aromatic rings. The predicted octanol–water partition coefficient (Wildman–Crippen LogP) is 3.00. The van der Waals surface area contributed by atoms with E-state index in [1.54, 1.807) is 25.1 Å². The topological polar surface area (TPSA) is 131 Å². The Balaban J connectivity index is 2.01. The van der Waals surface area contributed by atoms with Crippen molar-refractivity contribution >= 4 is 40.7 Å². The molecule has 0 saturated carbocycles. The summed E-state index contributed by atoms with van der Waals surface area (Å²) in [6.45, 7) is 1.61. The Labute approximate surface area is 225 Å². The monoisotopic (exact) mass is 559 g/mol. The second-order valence-corrected chi connectivity index (χ2v) is 9.41. The summed E-state index contributed by atoms with van der Waals surface area (Å²) in [7, 11) is 5.68. The van der Waals surface area contributed by atoms with Gasteiger partial charge in [-0.3, -0.25) is 19.5 Å². The van der Waals surface area contributed by atoms with Crippen LogP contribution in [0.15, 0.2) is 51.4 Å². The molecule has 38 heavy (non-hydrogen) atoms. The van der Waals surface area contributed by atoms with Gasteiger partial charge < -0.3 is 18.9 Å². The summed E-state index contributed by atoms with van der Waals surface area (Å²) in [5.41, 5.74) is 0.398. The van der Waals surface area contributed by atoms with Gasteiger partial charge in [-0.1, -0.05) is 29.0 Å². The average Bonchev–Trinajstić information content (AvgIpc) is 3.21. The van der Waals surface area contributed by atoms with Crippen molar-refractivity contribution in [2.45, 2.75) is 13.0 Å². The van der Waals surface area contributed by atoms with E-state index >= 15 is 0 Å². The van der Waals surface area contributed by atoms with Gasteiger partial charge in [-0.25, -0.2) is 9.79 Å². The second kappa shape index (κ2) is 10.7. The summed E-state index contributed by atoms with van der Waals surface area (Å²) >= 11 is 7.11. The lowest BCUT2D eigenvalue weighted by atomic mass is 9.95. The lowest BCUT2D eigenvalue weighted by Crippen LogP contribution is -2.39. The Morgan fingerprint density at radius 1 is 1.11 bits per heavy atom. The maximum Gasteiger partial charge on any atom is 0.338 e. The summed E-state index contributed by atoms with van der Waals surface area (Å²) in [5.74, 6) is 0.600. The third-order valence-electron chi connectivity index (χ3n) is 5.93. The maximum atomic E-state index is 13.8. The van der Waals surface area contributed by atoms with Crippen LogP contribution in [0.3, 0.4) is 0 Å². The van der Waals surface area contributed by atoms with Crippen LogP contribution in [0.5, 0.6) is 17.2 Å². The molecule has 0 spiro atoms. The minimum atomic E-state index is -1.04. The number of rotatable bonds is 7. The minimum Gasteiger partial charge on any atom is -0.496 e. The van der Waals surface area contributed by atoms with Crippen molar-refractivity contribution in [1.82, 2.24) is 4.57 Å². The van der Waals surface area contributed by atoms with Crippen molar-refractivity contribution in [3.05, 3.63) is 87.6 Å². The molecule has 1 atom stereocenters. The number of nitrogens with zero attached hydrogens (tertiary/aromatic N) is 3. The Morgan fingerprint density at radius 2 is 1.76 bits per heavy atom. The van der Waals surface area contributed by atoms with Gasteiger partial charge in [0.2, 0.25) is 0 Å². The van der Waals surface area contributed by atoms with Crippen molar-refractivity contribution in [2.75, 3.05) is 28.4 Å². The van der Waals surface area contributed by atoms with Gasteiger partial charge in [0.1, 0.15) is 10.8 Å². The highest BCUT2D eigenvalue weighted by Gasteiger charge is 2.34. The van der Waals surface area contributed by atoms with E-state index < -0.39 is 22.5 Å². The molecule has 1 unspecified atom stereocenters. The van der Waals surface area contributed by atoms with Crippen molar-refractivity contribution < 1.29 is 28.7 Å². The summed E-state index contributed by atoms with van der Waals surface area (Å²) < 4.78 is 22.8. The van der Waals surface area contributed by atoms with E-state index in [2.05, 4.69) is 4.99 Å². The fourth-order valence-corrected chi connectivity index (χ4v) is 5.38. The van der Waals surface area contributed by atoms with Gasteiger partial charge in [0.05, 0.1) is 55.2 Å². The summed E-state index contributed by atoms with van der Waals surface area (Å²) in [6.07, 6.45) is 1.61. The second-order valence-electron chi connectivity index (χ2n) is 7.99. The van der Waals surface area contributed by atoms with Gasteiger partial charge >= 0.3 is 5.97 Å². The third-order valence-corrected chi connectivity index (χ3v) is 7.23. The number of thiazole rings is 1. The van der Waals surface area contributed by atoms with Crippen LogP contribution in [0.2, 0.25) is 5.02 Å². The quantitative estimate of drug-likeness (QED) is 0.245. The highest BCUT2D eigenvalue weighted by molar-refractivity contribution is 7.07. The summed E-state index contributed by atoms with van der Waals surface area (Å²) in [4.78, 5) is 42.3. The van der Waals surface area contributed by atoms with Crippen LogP contribution in [0.4, 0.5) is 5.69 Å². The third kappa shape index (κ3) is 4.63. The van der Waals surface area contributed by atoms with Crippen LogP contribution in [-0.2, 0) is 9.53 Å². The van der Waals surface area contributed by atoms with Gasteiger partial charge in [-0.2, -0.15) is 0 Å². The molecule has 0 N–H and O–H groups in total. The van der Waals surface area contributed by atoms with E-state index in [-0.39, 0.29) is 20.8 Å². The lowest BCUT2D eigenvalue weighted by molar-refractivity contribution is -0.384. The van der Waals surface area contributed by atoms with Crippen molar-refractivity contribution in [3.8, 4) is 17.2 Å². The molecule has 1 aromatic heterocycles. The lowest BCUT2D eigenvalue weighted by Gasteiger charge is -2.24. The molecule has 4 rings (SSSR count). The van der Waals surface area contributed by atoms with Crippen molar-refractivity contribution in [1.29, 1.82) is 0 Å². The van der Waals surface area contributed by atoms with Crippen molar-refractivity contribution in [3.63, 3.8) is 0 Å². The number of benzene rings is 2.